The van der Waals surface area contributed by atoms with Crippen molar-refractivity contribution in [3.63, 3.8) is 0 Å². The standard InChI is InChI=1S/C10H16/c1-8(2)10(6-3-7-10)9-4-5-9/h4-5,8-9H,3,6-7H2,1-2H3. The molecule has 56 valence electrons. The van der Waals surface area contributed by atoms with Gasteiger partial charge in [0.2, 0.25) is 0 Å². The fraction of sp³-hybridized carbons (Fsp3) is 0.800. The van der Waals surface area contributed by atoms with Crippen molar-refractivity contribution in [1.82, 2.24) is 0 Å². The highest BCUT2D eigenvalue weighted by Gasteiger charge is 2.47. The molecule has 0 aliphatic heterocycles. The Bertz CT molecular complexity index is 151. The zero-order valence-electron chi connectivity index (χ0n) is 6.93. The molecule has 0 aromatic rings. The smallest absolute Gasteiger partial charge is 0.000592 e. The lowest BCUT2D eigenvalue weighted by atomic mass is 9.58. The predicted molar refractivity (Wildman–Crippen MR) is 43.8 cm³/mol. The normalized spacial score (nSPS) is 28.7. The second-order valence-electron chi connectivity index (χ2n) is 4.15. The largest absolute Gasteiger partial charge is 0.0804 e. The monoisotopic (exact) mass is 136 g/mol. The highest BCUT2D eigenvalue weighted by Crippen LogP contribution is 2.57. The van der Waals surface area contributed by atoms with Gasteiger partial charge in [-0.1, -0.05) is 32.4 Å². The van der Waals surface area contributed by atoms with E-state index < -0.39 is 0 Å². The Morgan fingerprint density at radius 1 is 1.30 bits per heavy atom. The summed E-state index contributed by atoms with van der Waals surface area (Å²) in [5.74, 6) is 1.78. The Morgan fingerprint density at radius 2 is 1.90 bits per heavy atom. The number of allylic oxidation sites excluding steroid dienone is 2. The van der Waals surface area contributed by atoms with Crippen LogP contribution >= 0.6 is 0 Å². The molecule has 2 rings (SSSR count). The number of rotatable bonds is 2. The third-order valence-electron chi connectivity index (χ3n) is 3.48. The summed E-state index contributed by atoms with van der Waals surface area (Å²) >= 11 is 0. The SMILES string of the molecule is CC(C)C1(C2C=C2)CCC1. The van der Waals surface area contributed by atoms with Crippen LogP contribution in [-0.2, 0) is 0 Å². The first kappa shape index (κ1) is 6.45. The van der Waals surface area contributed by atoms with E-state index in [0.29, 0.717) is 0 Å². The molecule has 2 aliphatic rings. The van der Waals surface area contributed by atoms with E-state index in [4.69, 9.17) is 0 Å². The summed E-state index contributed by atoms with van der Waals surface area (Å²) in [6.45, 7) is 4.75. The highest BCUT2D eigenvalue weighted by molar-refractivity contribution is 5.22. The second-order valence-corrected chi connectivity index (χ2v) is 4.15. The van der Waals surface area contributed by atoms with E-state index in [1.807, 2.05) is 0 Å². The first-order chi connectivity index (χ1) is 4.76. The summed E-state index contributed by atoms with van der Waals surface area (Å²) in [6.07, 6.45) is 9.17. The van der Waals surface area contributed by atoms with Crippen molar-refractivity contribution in [3.8, 4) is 0 Å². The van der Waals surface area contributed by atoms with Crippen LogP contribution in [0.4, 0.5) is 0 Å². The minimum atomic E-state index is 0.722. The number of hydrogen-bond acceptors (Lipinski definition) is 0. The first-order valence-corrected chi connectivity index (χ1v) is 4.44. The maximum absolute atomic E-state index is 2.37. The summed E-state index contributed by atoms with van der Waals surface area (Å²) in [5.41, 5.74) is 0.722. The Hall–Kier alpha value is -0.260. The molecule has 0 heteroatoms. The van der Waals surface area contributed by atoms with E-state index in [1.165, 1.54) is 19.3 Å². The lowest BCUT2D eigenvalue weighted by Gasteiger charge is -2.46. The Labute approximate surface area is 63.3 Å². The van der Waals surface area contributed by atoms with Crippen molar-refractivity contribution in [3.05, 3.63) is 12.2 Å². The van der Waals surface area contributed by atoms with Crippen LogP contribution in [0.1, 0.15) is 33.1 Å². The summed E-state index contributed by atoms with van der Waals surface area (Å²) in [6, 6.07) is 0. The Kier molecular flexibility index (Phi) is 1.21. The van der Waals surface area contributed by atoms with Crippen molar-refractivity contribution < 1.29 is 0 Å². The molecule has 1 fully saturated rings. The molecular formula is C10H16. The van der Waals surface area contributed by atoms with Crippen LogP contribution in [0.25, 0.3) is 0 Å². The maximum Gasteiger partial charge on any atom is 0.000592 e. The quantitative estimate of drug-likeness (QED) is 0.512. The Balaban J connectivity index is 2.06. The molecule has 0 nitrogen and oxygen atoms in total. The molecule has 0 bridgehead atoms. The van der Waals surface area contributed by atoms with Crippen LogP contribution in [0.15, 0.2) is 12.2 Å². The number of hydrogen-bond donors (Lipinski definition) is 0. The average molecular weight is 136 g/mol. The van der Waals surface area contributed by atoms with Crippen molar-refractivity contribution in [2.45, 2.75) is 33.1 Å². The zero-order valence-corrected chi connectivity index (χ0v) is 6.93. The average Bonchev–Trinajstić information content (AvgIpc) is 2.43. The minimum Gasteiger partial charge on any atom is -0.0804 e. The second kappa shape index (κ2) is 1.87. The van der Waals surface area contributed by atoms with E-state index in [1.54, 1.807) is 0 Å². The van der Waals surface area contributed by atoms with Gasteiger partial charge in [-0.05, 0) is 24.2 Å². The molecule has 10 heavy (non-hydrogen) atoms. The van der Waals surface area contributed by atoms with E-state index in [0.717, 1.165) is 17.3 Å². The molecule has 1 saturated carbocycles. The Morgan fingerprint density at radius 3 is 2.00 bits per heavy atom. The van der Waals surface area contributed by atoms with Crippen molar-refractivity contribution in [1.29, 1.82) is 0 Å². The van der Waals surface area contributed by atoms with Gasteiger partial charge in [-0.2, -0.15) is 0 Å². The van der Waals surface area contributed by atoms with E-state index in [9.17, 15) is 0 Å². The van der Waals surface area contributed by atoms with E-state index in [2.05, 4.69) is 26.0 Å². The molecule has 0 radical (unpaired) electrons. The van der Waals surface area contributed by atoms with Gasteiger partial charge in [0.15, 0.2) is 0 Å². The van der Waals surface area contributed by atoms with Crippen LogP contribution in [0, 0.1) is 17.3 Å². The van der Waals surface area contributed by atoms with Gasteiger partial charge in [-0.15, -0.1) is 0 Å². The molecule has 0 atom stereocenters. The fourth-order valence-corrected chi connectivity index (χ4v) is 2.32. The third-order valence-corrected chi connectivity index (χ3v) is 3.48. The van der Waals surface area contributed by atoms with Crippen LogP contribution in [0.2, 0.25) is 0 Å². The third kappa shape index (κ3) is 0.680. The van der Waals surface area contributed by atoms with Gasteiger partial charge in [-0.25, -0.2) is 0 Å². The minimum absolute atomic E-state index is 0.722. The summed E-state index contributed by atoms with van der Waals surface area (Å²) in [7, 11) is 0. The van der Waals surface area contributed by atoms with Crippen LogP contribution in [0.5, 0.6) is 0 Å². The molecule has 0 amide bonds. The van der Waals surface area contributed by atoms with Gasteiger partial charge in [0.05, 0.1) is 0 Å². The molecule has 0 spiro atoms. The van der Waals surface area contributed by atoms with Gasteiger partial charge in [0, 0.05) is 5.92 Å². The lowest BCUT2D eigenvalue weighted by molar-refractivity contribution is 0.0509. The van der Waals surface area contributed by atoms with Crippen molar-refractivity contribution in [2.24, 2.45) is 17.3 Å². The topological polar surface area (TPSA) is 0 Å². The van der Waals surface area contributed by atoms with Crippen LogP contribution in [0.3, 0.4) is 0 Å². The first-order valence-electron chi connectivity index (χ1n) is 4.44. The van der Waals surface area contributed by atoms with E-state index in [-0.39, 0.29) is 0 Å². The van der Waals surface area contributed by atoms with Gasteiger partial charge < -0.3 is 0 Å². The molecule has 0 N–H and O–H groups in total. The van der Waals surface area contributed by atoms with Crippen LogP contribution < -0.4 is 0 Å². The molecule has 0 unspecified atom stereocenters. The maximum atomic E-state index is 2.37. The predicted octanol–water partition coefficient (Wildman–Crippen LogP) is 3.00. The molecule has 0 aromatic heterocycles. The van der Waals surface area contributed by atoms with Crippen molar-refractivity contribution in [2.75, 3.05) is 0 Å². The molecule has 0 aromatic carbocycles. The summed E-state index contributed by atoms with van der Waals surface area (Å²) in [5, 5.41) is 0. The lowest BCUT2D eigenvalue weighted by Crippen LogP contribution is -2.37. The molecular weight excluding hydrogens is 120 g/mol. The zero-order chi connectivity index (χ0) is 7.19. The summed E-state index contributed by atoms with van der Waals surface area (Å²) < 4.78 is 0. The van der Waals surface area contributed by atoms with Gasteiger partial charge in [-0.3, -0.25) is 0 Å². The van der Waals surface area contributed by atoms with Gasteiger partial charge >= 0.3 is 0 Å². The van der Waals surface area contributed by atoms with E-state index >= 15 is 0 Å². The molecule has 2 aliphatic carbocycles. The van der Waals surface area contributed by atoms with Crippen molar-refractivity contribution >= 4 is 0 Å². The summed E-state index contributed by atoms with van der Waals surface area (Å²) in [4.78, 5) is 0. The van der Waals surface area contributed by atoms with Crippen LogP contribution in [-0.4, -0.2) is 0 Å². The fourth-order valence-electron chi connectivity index (χ4n) is 2.32. The molecule has 0 heterocycles. The molecule has 0 saturated heterocycles. The highest BCUT2D eigenvalue weighted by atomic mass is 14.5. The van der Waals surface area contributed by atoms with Gasteiger partial charge in [0.25, 0.3) is 0 Å². The van der Waals surface area contributed by atoms with Gasteiger partial charge in [0.1, 0.15) is 0 Å².